The molecule has 0 radical (unpaired) electrons. The molecule has 1 saturated carbocycles. The second-order valence-electron chi connectivity index (χ2n) is 4.56. The van der Waals surface area contributed by atoms with Gasteiger partial charge in [0.2, 0.25) is 0 Å². The molecule has 0 spiro atoms. The first-order chi connectivity index (χ1) is 6.78. The van der Waals surface area contributed by atoms with Gasteiger partial charge in [0.1, 0.15) is 0 Å². The average molecular weight is 201 g/mol. The highest BCUT2D eigenvalue weighted by atomic mass is 16.5. The Morgan fingerprint density at radius 1 is 1.50 bits per heavy atom. The molecule has 14 heavy (non-hydrogen) atoms. The maximum absolute atomic E-state index is 9.19. The van der Waals surface area contributed by atoms with Crippen molar-refractivity contribution >= 4 is 0 Å². The summed E-state index contributed by atoms with van der Waals surface area (Å²) in [6.07, 6.45) is 2.63. The summed E-state index contributed by atoms with van der Waals surface area (Å²) in [6, 6.07) is 0.573. The largest absolute Gasteiger partial charge is 0.396 e. The first kappa shape index (κ1) is 10.4. The van der Waals surface area contributed by atoms with Gasteiger partial charge in [0, 0.05) is 19.7 Å². The highest BCUT2D eigenvalue weighted by Crippen LogP contribution is 2.28. The SMILES string of the molecule is COC1CC(NCC2(CO)COC2)C1. The average Bonchev–Trinajstić information content (AvgIpc) is 2.06. The Hall–Kier alpha value is -0.160. The van der Waals surface area contributed by atoms with Crippen molar-refractivity contribution in [1.82, 2.24) is 5.32 Å². The topological polar surface area (TPSA) is 50.7 Å². The molecule has 4 nitrogen and oxygen atoms in total. The molecular formula is C10H19NO3. The monoisotopic (exact) mass is 201 g/mol. The molecule has 4 heteroatoms. The van der Waals surface area contributed by atoms with Crippen LogP contribution in [-0.2, 0) is 9.47 Å². The fourth-order valence-corrected chi connectivity index (χ4v) is 1.93. The minimum atomic E-state index is -0.00183. The predicted octanol–water partition coefficient (Wildman–Crippen LogP) is -0.238. The second-order valence-corrected chi connectivity index (χ2v) is 4.56. The predicted molar refractivity (Wildman–Crippen MR) is 52.2 cm³/mol. The quantitative estimate of drug-likeness (QED) is 0.644. The number of nitrogens with one attached hydrogen (secondary N) is 1. The smallest absolute Gasteiger partial charge is 0.0601 e. The van der Waals surface area contributed by atoms with Crippen molar-refractivity contribution in [2.45, 2.75) is 25.0 Å². The lowest BCUT2D eigenvalue weighted by molar-refractivity contribution is -0.137. The Morgan fingerprint density at radius 3 is 2.64 bits per heavy atom. The van der Waals surface area contributed by atoms with Crippen molar-refractivity contribution in [1.29, 1.82) is 0 Å². The van der Waals surface area contributed by atoms with Crippen molar-refractivity contribution < 1.29 is 14.6 Å². The number of ether oxygens (including phenoxy) is 2. The molecule has 2 aliphatic rings. The lowest BCUT2D eigenvalue weighted by atomic mass is 9.84. The number of hydrogen-bond acceptors (Lipinski definition) is 4. The van der Waals surface area contributed by atoms with Gasteiger partial charge in [0.05, 0.1) is 31.3 Å². The Kier molecular flexibility index (Phi) is 3.07. The van der Waals surface area contributed by atoms with Crippen LogP contribution in [0.1, 0.15) is 12.8 Å². The van der Waals surface area contributed by atoms with E-state index in [4.69, 9.17) is 9.47 Å². The van der Waals surface area contributed by atoms with Crippen LogP contribution < -0.4 is 5.32 Å². The van der Waals surface area contributed by atoms with Crippen molar-refractivity contribution in [2.75, 3.05) is 33.5 Å². The van der Waals surface area contributed by atoms with E-state index in [1.54, 1.807) is 7.11 Å². The highest BCUT2D eigenvalue weighted by Gasteiger charge is 2.39. The van der Waals surface area contributed by atoms with Crippen molar-refractivity contribution in [3.8, 4) is 0 Å². The Morgan fingerprint density at radius 2 is 2.21 bits per heavy atom. The van der Waals surface area contributed by atoms with Crippen LogP contribution in [0, 0.1) is 5.41 Å². The molecule has 0 aromatic rings. The maximum Gasteiger partial charge on any atom is 0.0601 e. The third-order valence-electron chi connectivity index (χ3n) is 3.35. The summed E-state index contributed by atoms with van der Waals surface area (Å²) >= 11 is 0. The van der Waals surface area contributed by atoms with E-state index in [2.05, 4.69) is 5.32 Å². The molecule has 82 valence electrons. The van der Waals surface area contributed by atoms with E-state index in [9.17, 15) is 5.11 Å². The van der Waals surface area contributed by atoms with Crippen LogP contribution in [0.3, 0.4) is 0 Å². The zero-order chi connectivity index (χ0) is 10.0. The van der Waals surface area contributed by atoms with Crippen LogP contribution in [0.5, 0.6) is 0 Å². The van der Waals surface area contributed by atoms with Gasteiger partial charge >= 0.3 is 0 Å². The summed E-state index contributed by atoms with van der Waals surface area (Å²) < 4.78 is 10.3. The lowest BCUT2D eigenvalue weighted by Crippen LogP contribution is -2.56. The zero-order valence-corrected chi connectivity index (χ0v) is 8.66. The van der Waals surface area contributed by atoms with Crippen molar-refractivity contribution in [3.63, 3.8) is 0 Å². The Bertz CT molecular complexity index is 182. The van der Waals surface area contributed by atoms with E-state index in [-0.39, 0.29) is 12.0 Å². The number of rotatable bonds is 5. The Labute approximate surface area is 84.6 Å². The minimum Gasteiger partial charge on any atom is -0.396 e. The molecule has 2 fully saturated rings. The van der Waals surface area contributed by atoms with Crippen LogP contribution in [0.4, 0.5) is 0 Å². The highest BCUT2D eigenvalue weighted by molar-refractivity contribution is 4.92. The second kappa shape index (κ2) is 4.14. The number of methoxy groups -OCH3 is 1. The van der Waals surface area contributed by atoms with Gasteiger partial charge in [0.25, 0.3) is 0 Å². The van der Waals surface area contributed by atoms with E-state index < -0.39 is 0 Å². The molecule has 1 aliphatic heterocycles. The van der Waals surface area contributed by atoms with E-state index in [0.29, 0.717) is 25.4 Å². The van der Waals surface area contributed by atoms with Crippen LogP contribution in [0.2, 0.25) is 0 Å². The molecule has 2 rings (SSSR count). The molecule has 0 bridgehead atoms. The molecular weight excluding hydrogens is 182 g/mol. The number of aliphatic hydroxyl groups is 1. The minimum absolute atomic E-state index is 0.00183. The molecule has 0 atom stereocenters. The number of hydrogen-bond donors (Lipinski definition) is 2. The summed E-state index contributed by atoms with van der Waals surface area (Å²) in [7, 11) is 1.76. The fourth-order valence-electron chi connectivity index (χ4n) is 1.93. The van der Waals surface area contributed by atoms with Gasteiger partial charge in [0.15, 0.2) is 0 Å². The Balaban J connectivity index is 1.63. The van der Waals surface area contributed by atoms with Gasteiger partial charge in [-0.1, -0.05) is 0 Å². The molecule has 0 amide bonds. The van der Waals surface area contributed by atoms with Crippen LogP contribution in [0.25, 0.3) is 0 Å². The first-order valence-corrected chi connectivity index (χ1v) is 5.23. The maximum atomic E-state index is 9.19. The molecule has 0 unspecified atom stereocenters. The van der Waals surface area contributed by atoms with E-state index in [1.807, 2.05) is 0 Å². The van der Waals surface area contributed by atoms with Gasteiger partial charge in [-0.2, -0.15) is 0 Å². The van der Waals surface area contributed by atoms with Gasteiger partial charge in [-0.15, -0.1) is 0 Å². The summed E-state index contributed by atoms with van der Waals surface area (Å²) in [5, 5.41) is 12.7. The summed E-state index contributed by atoms with van der Waals surface area (Å²) in [4.78, 5) is 0. The molecule has 0 aromatic heterocycles. The van der Waals surface area contributed by atoms with Gasteiger partial charge < -0.3 is 19.9 Å². The summed E-state index contributed by atoms with van der Waals surface area (Å²) in [5.74, 6) is 0. The van der Waals surface area contributed by atoms with Crippen molar-refractivity contribution in [3.05, 3.63) is 0 Å². The van der Waals surface area contributed by atoms with Gasteiger partial charge in [-0.05, 0) is 12.8 Å². The molecule has 0 aromatic carbocycles. The van der Waals surface area contributed by atoms with Crippen LogP contribution in [-0.4, -0.2) is 50.7 Å². The third-order valence-corrected chi connectivity index (χ3v) is 3.35. The molecule has 1 saturated heterocycles. The molecule has 1 heterocycles. The van der Waals surface area contributed by atoms with E-state index >= 15 is 0 Å². The summed E-state index contributed by atoms with van der Waals surface area (Å²) in [5.41, 5.74) is -0.00183. The molecule has 1 aliphatic carbocycles. The van der Waals surface area contributed by atoms with Crippen LogP contribution >= 0.6 is 0 Å². The third kappa shape index (κ3) is 1.93. The fraction of sp³-hybridized carbons (Fsp3) is 1.00. The zero-order valence-electron chi connectivity index (χ0n) is 8.66. The van der Waals surface area contributed by atoms with Gasteiger partial charge in [-0.3, -0.25) is 0 Å². The summed E-state index contributed by atoms with van der Waals surface area (Å²) in [6.45, 7) is 2.47. The standard InChI is InChI=1S/C10H19NO3/c1-13-9-2-8(3-9)11-4-10(5-12)6-14-7-10/h8-9,11-12H,2-7H2,1H3. The van der Waals surface area contributed by atoms with Crippen molar-refractivity contribution in [2.24, 2.45) is 5.41 Å². The van der Waals surface area contributed by atoms with Crippen LogP contribution in [0.15, 0.2) is 0 Å². The van der Waals surface area contributed by atoms with E-state index in [1.165, 1.54) is 0 Å². The normalized spacial score (nSPS) is 34.7. The molecule has 2 N–H and O–H groups in total. The van der Waals surface area contributed by atoms with Gasteiger partial charge in [-0.25, -0.2) is 0 Å². The first-order valence-electron chi connectivity index (χ1n) is 5.23. The number of aliphatic hydroxyl groups excluding tert-OH is 1. The van der Waals surface area contributed by atoms with E-state index in [0.717, 1.165) is 19.4 Å². The lowest BCUT2D eigenvalue weighted by Gasteiger charge is -2.43.